The first-order chi connectivity index (χ1) is 16.5. The maximum atomic E-state index is 5.61. The van der Waals surface area contributed by atoms with Crippen LogP contribution in [0.1, 0.15) is 38.8 Å². The third kappa shape index (κ3) is 9.13. The molecule has 182 valence electrons. The third-order valence-electron chi connectivity index (χ3n) is 5.06. The topological polar surface area (TPSA) is 31.2 Å². The lowest BCUT2D eigenvalue weighted by Gasteiger charge is -2.19. The zero-order chi connectivity index (χ0) is 24.8. The first-order valence-corrected chi connectivity index (χ1v) is 14.4. The van der Waals surface area contributed by atoms with E-state index in [9.17, 15) is 0 Å². The van der Waals surface area contributed by atoms with E-state index in [2.05, 4.69) is 61.8 Å². The van der Waals surface area contributed by atoms with Crippen LogP contribution in [-0.2, 0) is 0 Å². The van der Waals surface area contributed by atoms with Crippen LogP contribution in [-0.4, -0.2) is 67.8 Å². The van der Waals surface area contributed by atoms with E-state index in [1.807, 2.05) is 36.4 Å². The monoisotopic (exact) mass is 530 g/mol. The lowest BCUT2D eigenvalue weighted by molar-refractivity contribution is 0.469. The molecule has 4 nitrogen and oxygen atoms in total. The van der Waals surface area contributed by atoms with E-state index in [1.54, 1.807) is 23.5 Å². The summed E-state index contributed by atoms with van der Waals surface area (Å²) in [6.07, 6.45) is 0. The minimum Gasteiger partial charge on any atom is -0.348 e. The molecule has 0 bridgehead atoms. The molecule has 2 rings (SSSR count). The number of rotatable bonds is 9. The number of hydrogen-bond acceptors (Lipinski definition) is 4. The summed E-state index contributed by atoms with van der Waals surface area (Å²) >= 11 is 14.7. The molecular weight excluding hydrogens is 497 g/mol. The van der Waals surface area contributed by atoms with Gasteiger partial charge in [0, 0.05) is 48.8 Å². The van der Waals surface area contributed by atoms with Crippen molar-refractivity contribution in [2.75, 3.05) is 37.7 Å². The first kappa shape index (κ1) is 28.5. The zero-order valence-corrected chi connectivity index (χ0v) is 23.7. The number of aliphatic imine (C=N–C) groups is 2. The van der Waals surface area contributed by atoms with Gasteiger partial charge >= 0.3 is 0 Å². The second kappa shape index (κ2) is 16.0. The molecule has 0 radical (unpaired) electrons. The second-order valence-electron chi connectivity index (χ2n) is 7.17. The quantitative estimate of drug-likeness (QED) is 0.157. The Morgan fingerprint density at radius 3 is 1.24 bits per heavy atom. The highest BCUT2D eigenvalue weighted by molar-refractivity contribution is 8.17. The minimum absolute atomic E-state index is 0.639. The van der Waals surface area contributed by atoms with Gasteiger partial charge in [-0.3, -0.25) is 0 Å². The normalized spacial score (nSPS) is 11.9. The first-order valence-electron chi connectivity index (χ1n) is 11.7. The number of thiocarbonyl (C=S) groups is 2. The van der Waals surface area contributed by atoms with E-state index >= 15 is 0 Å². The number of thioether (sulfide) groups is 2. The Hall–Kier alpha value is -1.74. The predicted octanol–water partition coefficient (Wildman–Crippen LogP) is 6.60. The van der Waals surface area contributed by atoms with Crippen LogP contribution in [0.25, 0.3) is 0 Å². The van der Waals surface area contributed by atoms with E-state index < -0.39 is 0 Å². The van der Waals surface area contributed by atoms with Gasteiger partial charge in [-0.15, -0.1) is 23.5 Å². The molecule has 2 aromatic rings. The van der Waals surface area contributed by atoms with Crippen molar-refractivity contribution in [3.05, 3.63) is 71.8 Å². The molecule has 0 aliphatic carbocycles. The largest absolute Gasteiger partial charge is 0.348 e. The lowest BCUT2D eigenvalue weighted by Crippen LogP contribution is -2.28. The Kier molecular flexibility index (Phi) is 13.4. The molecule has 0 amide bonds. The van der Waals surface area contributed by atoms with Gasteiger partial charge in [-0.25, -0.2) is 9.98 Å². The summed E-state index contributed by atoms with van der Waals surface area (Å²) in [6, 6.07) is 20.5. The molecule has 0 saturated carbocycles. The third-order valence-corrected chi connectivity index (χ3v) is 8.04. The van der Waals surface area contributed by atoms with Gasteiger partial charge in [-0.1, -0.05) is 60.7 Å². The van der Waals surface area contributed by atoms with Crippen molar-refractivity contribution in [1.82, 2.24) is 9.80 Å². The Balaban J connectivity index is 2.14. The zero-order valence-electron chi connectivity index (χ0n) is 20.4. The average molecular weight is 531 g/mol. The molecule has 0 aromatic heterocycles. The smallest absolute Gasteiger partial charge is 0.196 e. The highest BCUT2D eigenvalue weighted by Gasteiger charge is 2.12. The highest BCUT2D eigenvalue weighted by Crippen LogP contribution is 2.20. The van der Waals surface area contributed by atoms with Crippen molar-refractivity contribution < 1.29 is 0 Å². The van der Waals surface area contributed by atoms with Crippen LogP contribution in [0.2, 0.25) is 0 Å². The molecule has 8 heteroatoms. The molecule has 34 heavy (non-hydrogen) atoms. The van der Waals surface area contributed by atoms with Crippen LogP contribution in [0, 0.1) is 0 Å². The molecule has 0 spiro atoms. The summed E-state index contributed by atoms with van der Waals surface area (Å²) in [7, 11) is 0. The van der Waals surface area contributed by atoms with Crippen LogP contribution < -0.4 is 0 Å². The summed E-state index contributed by atoms with van der Waals surface area (Å²) in [6.45, 7) is 11.8. The molecule has 2 aromatic carbocycles. The average Bonchev–Trinajstić information content (AvgIpc) is 2.87. The van der Waals surface area contributed by atoms with Crippen molar-refractivity contribution >= 4 is 68.3 Å². The number of hydrogen-bond donors (Lipinski definition) is 0. The van der Waals surface area contributed by atoms with E-state index in [1.165, 1.54) is 0 Å². The maximum Gasteiger partial charge on any atom is 0.196 e. The summed E-state index contributed by atoms with van der Waals surface area (Å²) in [4.78, 5) is 13.9. The van der Waals surface area contributed by atoms with Crippen LogP contribution in [0.15, 0.2) is 70.6 Å². The highest BCUT2D eigenvalue weighted by atomic mass is 32.2. The summed E-state index contributed by atoms with van der Waals surface area (Å²) < 4.78 is 0. The Morgan fingerprint density at radius 1 is 0.618 bits per heavy atom. The lowest BCUT2D eigenvalue weighted by atomic mass is 10.2. The van der Waals surface area contributed by atoms with Crippen molar-refractivity contribution in [2.45, 2.75) is 27.7 Å². The Morgan fingerprint density at radius 2 is 0.941 bits per heavy atom. The van der Waals surface area contributed by atoms with E-state index in [4.69, 9.17) is 34.4 Å². The van der Waals surface area contributed by atoms with Crippen molar-refractivity contribution in [3.8, 4) is 0 Å². The fourth-order valence-electron chi connectivity index (χ4n) is 3.10. The molecule has 0 N–H and O–H groups in total. The molecule has 0 atom stereocenters. The van der Waals surface area contributed by atoms with E-state index in [0.717, 1.165) is 58.9 Å². The Labute approximate surface area is 224 Å². The van der Waals surface area contributed by atoms with Crippen molar-refractivity contribution in [1.29, 1.82) is 0 Å². The summed E-state index contributed by atoms with van der Waals surface area (Å²) in [5.41, 5.74) is 2.18. The minimum atomic E-state index is 0.639. The van der Waals surface area contributed by atoms with Gasteiger partial charge in [0.05, 0.1) is 0 Å². The molecule has 0 unspecified atom stereocenters. The second-order valence-corrected chi connectivity index (χ2v) is 10.1. The van der Waals surface area contributed by atoms with Gasteiger partial charge in [0.25, 0.3) is 0 Å². The van der Waals surface area contributed by atoms with Gasteiger partial charge < -0.3 is 9.80 Å². The fraction of sp³-hybridized carbons (Fsp3) is 0.385. The van der Waals surface area contributed by atoms with Crippen LogP contribution in [0.3, 0.4) is 0 Å². The van der Waals surface area contributed by atoms with E-state index in [-0.39, 0.29) is 0 Å². The number of nitrogens with zero attached hydrogens (tertiary/aromatic N) is 4. The predicted molar refractivity (Wildman–Crippen MR) is 162 cm³/mol. The molecular formula is C26H34N4S4. The van der Waals surface area contributed by atoms with Gasteiger partial charge in [-0.05, 0) is 52.1 Å². The molecule has 0 heterocycles. The molecule has 0 fully saturated rings. The molecule has 0 aliphatic heterocycles. The van der Waals surface area contributed by atoms with Gasteiger partial charge in [0.2, 0.25) is 0 Å². The van der Waals surface area contributed by atoms with Crippen LogP contribution in [0.4, 0.5) is 0 Å². The van der Waals surface area contributed by atoms with Gasteiger partial charge in [0.1, 0.15) is 10.1 Å². The van der Waals surface area contributed by atoms with Gasteiger partial charge in [-0.2, -0.15) is 0 Å². The number of benzene rings is 2. The maximum absolute atomic E-state index is 5.61. The fourth-order valence-corrected chi connectivity index (χ4v) is 5.88. The van der Waals surface area contributed by atoms with Crippen molar-refractivity contribution in [2.24, 2.45) is 9.98 Å². The molecule has 0 aliphatic rings. The Bertz CT molecular complexity index is 874. The van der Waals surface area contributed by atoms with E-state index in [0.29, 0.717) is 10.2 Å². The van der Waals surface area contributed by atoms with Gasteiger partial charge in [0.15, 0.2) is 10.2 Å². The summed E-state index contributed by atoms with van der Waals surface area (Å²) in [5.74, 6) is 1.76. The SMILES string of the molecule is CCN(CC)C(=S)/N=C(/SCCS/C(=N/C(=S)N(CC)CC)c1ccccc1)c1ccccc1. The summed E-state index contributed by atoms with van der Waals surface area (Å²) in [5, 5.41) is 3.19. The standard InChI is InChI=1S/C26H34N4S4/c1-5-29(6-2)25(31)27-23(21-15-11-9-12-16-21)33-19-20-34-24(22-17-13-10-14-18-22)28-26(32)30(7-3)8-4/h9-18H,5-8,19-20H2,1-4H3/b27-23+,28-24+. The van der Waals surface area contributed by atoms with Crippen molar-refractivity contribution in [3.63, 3.8) is 0 Å². The molecule has 0 saturated heterocycles. The van der Waals surface area contributed by atoms with Crippen LogP contribution in [0.5, 0.6) is 0 Å². The van der Waals surface area contributed by atoms with Crippen LogP contribution >= 0.6 is 48.0 Å².